The fourth-order valence-corrected chi connectivity index (χ4v) is 2.64. The molecule has 0 radical (unpaired) electrons. The summed E-state index contributed by atoms with van der Waals surface area (Å²) in [4.78, 5) is 31.2. The van der Waals surface area contributed by atoms with Gasteiger partial charge >= 0.3 is 0 Å². The van der Waals surface area contributed by atoms with E-state index in [1.165, 1.54) is 24.5 Å². The molecule has 3 rings (SSSR count). The van der Waals surface area contributed by atoms with Gasteiger partial charge in [0.15, 0.2) is 11.6 Å². The summed E-state index contributed by atoms with van der Waals surface area (Å²) in [6.07, 6.45) is 2.83. The van der Waals surface area contributed by atoms with Gasteiger partial charge in [0, 0.05) is 42.3 Å². The van der Waals surface area contributed by atoms with Crippen LogP contribution in [0.3, 0.4) is 0 Å². The first-order chi connectivity index (χ1) is 11.0. The Morgan fingerprint density at radius 2 is 1.91 bits per heavy atom. The highest BCUT2D eigenvalue weighted by Crippen LogP contribution is 2.32. The summed E-state index contributed by atoms with van der Waals surface area (Å²) in [5, 5.41) is 3.05. The van der Waals surface area contributed by atoms with E-state index in [-0.39, 0.29) is 33.8 Å². The topological polar surface area (TPSA) is 62.3 Å². The third-order valence-electron chi connectivity index (χ3n) is 3.76. The summed E-state index contributed by atoms with van der Waals surface area (Å²) in [6.45, 7) is 1.25. The van der Waals surface area contributed by atoms with E-state index in [1.807, 2.05) is 19.0 Å². The predicted molar refractivity (Wildman–Crippen MR) is 84.5 cm³/mol. The van der Waals surface area contributed by atoms with E-state index in [4.69, 9.17) is 0 Å². The molecule has 0 saturated heterocycles. The smallest absolute Gasteiger partial charge is 0.198 e. The fourth-order valence-electron chi connectivity index (χ4n) is 2.64. The van der Waals surface area contributed by atoms with Gasteiger partial charge in [-0.05, 0) is 32.3 Å². The molecule has 0 atom stereocenters. The molecule has 5 nitrogen and oxygen atoms in total. The second kappa shape index (κ2) is 5.89. The summed E-state index contributed by atoms with van der Waals surface area (Å²) in [7, 11) is 3.83. The Kier molecular flexibility index (Phi) is 3.92. The number of hydrogen-bond donors (Lipinski definition) is 1. The van der Waals surface area contributed by atoms with Gasteiger partial charge in [-0.25, -0.2) is 4.39 Å². The molecule has 1 aromatic carbocycles. The van der Waals surface area contributed by atoms with Gasteiger partial charge in [0.1, 0.15) is 5.82 Å². The Balaban J connectivity index is 2.07. The number of halogens is 1. The lowest BCUT2D eigenvalue weighted by atomic mass is 9.84. The van der Waals surface area contributed by atoms with E-state index in [1.54, 1.807) is 0 Å². The van der Waals surface area contributed by atoms with Gasteiger partial charge in [0.2, 0.25) is 0 Å². The fraction of sp³-hybridized carbons (Fsp3) is 0.235. The van der Waals surface area contributed by atoms with E-state index in [2.05, 4.69) is 10.3 Å². The molecule has 1 aromatic heterocycles. The van der Waals surface area contributed by atoms with Crippen LogP contribution in [0.5, 0.6) is 0 Å². The van der Waals surface area contributed by atoms with Crippen LogP contribution in [-0.4, -0.2) is 48.6 Å². The number of nitrogens with one attached hydrogen (secondary N) is 1. The van der Waals surface area contributed by atoms with E-state index in [0.29, 0.717) is 18.8 Å². The van der Waals surface area contributed by atoms with Crippen molar-refractivity contribution in [3.8, 4) is 0 Å². The molecule has 1 aliphatic rings. The maximum atomic E-state index is 13.9. The lowest BCUT2D eigenvalue weighted by Gasteiger charge is -2.21. The molecule has 1 N–H and O–H groups in total. The van der Waals surface area contributed by atoms with Crippen LogP contribution < -0.4 is 5.32 Å². The first kappa shape index (κ1) is 15.3. The zero-order valence-electron chi connectivity index (χ0n) is 12.9. The Labute approximate surface area is 133 Å². The highest BCUT2D eigenvalue weighted by molar-refractivity contribution is 6.30. The van der Waals surface area contributed by atoms with Crippen LogP contribution in [0.25, 0.3) is 0 Å². The maximum Gasteiger partial charge on any atom is 0.198 e. The van der Waals surface area contributed by atoms with Gasteiger partial charge in [0.25, 0.3) is 0 Å². The van der Waals surface area contributed by atoms with Gasteiger partial charge in [-0.2, -0.15) is 0 Å². The minimum atomic E-state index is -0.547. The summed E-state index contributed by atoms with van der Waals surface area (Å²) in [5.74, 6) is -1.21. The van der Waals surface area contributed by atoms with E-state index in [9.17, 15) is 14.0 Å². The number of anilines is 1. The molecule has 0 unspecified atom stereocenters. The lowest BCUT2D eigenvalue weighted by Crippen LogP contribution is -2.25. The number of ketones is 2. The molecule has 0 bridgehead atoms. The van der Waals surface area contributed by atoms with Crippen LogP contribution in [0, 0.1) is 5.82 Å². The number of rotatable bonds is 4. The molecule has 0 amide bonds. The molecular formula is C17H16FN3O2. The van der Waals surface area contributed by atoms with Crippen molar-refractivity contribution in [2.45, 2.75) is 0 Å². The molecule has 23 heavy (non-hydrogen) atoms. The number of hydrogen-bond acceptors (Lipinski definition) is 5. The average Bonchev–Trinajstić information content (AvgIpc) is 2.52. The largest absolute Gasteiger partial charge is 0.383 e. The number of benzene rings is 1. The number of likely N-dealkylation sites (N-methyl/N-ethyl adjacent to an activating group) is 1. The standard InChI is InChI=1S/C17H16FN3O2/c1-21(2)6-5-20-14-8-10(18)7-12-15(14)17(23)13-9-19-4-3-11(13)16(12)22/h3-4,7-9,20H,5-6H2,1-2H3. The Hall–Kier alpha value is -2.60. The number of nitrogens with zero attached hydrogens (tertiary/aromatic N) is 2. The number of carbonyl (C=O) groups is 2. The van der Waals surface area contributed by atoms with Crippen LogP contribution in [0.1, 0.15) is 31.8 Å². The molecule has 0 aliphatic heterocycles. The summed E-state index contributed by atoms with van der Waals surface area (Å²) < 4.78 is 13.9. The molecular weight excluding hydrogens is 297 g/mol. The predicted octanol–water partition coefficient (Wildman–Crippen LogP) is 1.97. The van der Waals surface area contributed by atoms with E-state index in [0.717, 1.165) is 6.07 Å². The van der Waals surface area contributed by atoms with Crippen LogP contribution in [0.15, 0.2) is 30.6 Å². The monoisotopic (exact) mass is 313 g/mol. The van der Waals surface area contributed by atoms with E-state index >= 15 is 0 Å². The van der Waals surface area contributed by atoms with Gasteiger partial charge in [-0.1, -0.05) is 0 Å². The first-order valence-electron chi connectivity index (χ1n) is 7.24. The van der Waals surface area contributed by atoms with Crippen molar-refractivity contribution in [1.82, 2.24) is 9.88 Å². The summed E-state index contributed by atoms with van der Waals surface area (Å²) in [5.41, 5.74) is 1.18. The summed E-state index contributed by atoms with van der Waals surface area (Å²) >= 11 is 0. The first-order valence-corrected chi connectivity index (χ1v) is 7.24. The van der Waals surface area contributed by atoms with Crippen LogP contribution in [0.4, 0.5) is 10.1 Å². The minimum Gasteiger partial charge on any atom is -0.383 e. The van der Waals surface area contributed by atoms with Crippen molar-refractivity contribution in [2.75, 3.05) is 32.5 Å². The van der Waals surface area contributed by atoms with Crippen LogP contribution >= 0.6 is 0 Å². The Morgan fingerprint density at radius 3 is 2.65 bits per heavy atom. The third kappa shape index (κ3) is 2.73. The highest BCUT2D eigenvalue weighted by Gasteiger charge is 2.32. The van der Waals surface area contributed by atoms with Crippen molar-refractivity contribution in [3.05, 3.63) is 58.7 Å². The molecule has 118 valence electrons. The number of fused-ring (bicyclic) bond motifs is 2. The quantitative estimate of drug-likeness (QED) is 0.798. The molecule has 0 saturated carbocycles. The molecule has 6 heteroatoms. The highest BCUT2D eigenvalue weighted by atomic mass is 19.1. The van der Waals surface area contributed by atoms with Crippen molar-refractivity contribution < 1.29 is 14.0 Å². The zero-order valence-corrected chi connectivity index (χ0v) is 12.9. The summed E-state index contributed by atoms with van der Waals surface area (Å²) in [6, 6.07) is 3.86. The van der Waals surface area contributed by atoms with Crippen LogP contribution in [-0.2, 0) is 0 Å². The van der Waals surface area contributed by atoms with Crippen LogP contribution in [0.2, 0.25) is 0 Å². The second-order valence-electron chi connectivity index (χ2n) is 5.69. The second-order valence-corrected chi connectivity index (χ2v) is 5.69. The minimum absolute atomic E-state index is 0.0982. The Morgan fingerprint density at radius 1 is 1.13 bits per heavy atom. The van der Waals surface area contributed by atoms with Gasteiger partial charge in [-0.15, -0.1) is 0 Å². The van der Waals surface area contributed by atoms with Crippen molar-refractivity contribution in [3.63, 3.8) is 0 Å². The lowest BCUT2D eigenvalue weighted by molar-refractivity contribution is 0.0979. The number of aromatic nitrogens is 1. The number of carbonyl (C=O) groups excluding carboxylic acids is 2. The molecule has 0 fully saturated rings. The normalized spacial score (nSPS) is 13.0. The average molecular weight is 313 g/mol. The molecule has 2 aromatic rings. The Bertz CT molecular complexity index is 802. The van der Waals surface area contributed by atoms with Crippen molar-refractivity contribution in [1.29, 1.82) is 0 Å². The van der Waals surface area contributed by atoms with Gasteiger partial charge < -0.3 is 10.2 Å². The van der Waals surface area contributed by atoms with Gasteiger partial charge in [0.05, 0.1) is 11.1 Å². The molecule has 1 aliphatic carbocycles. The number of pyridine rings is 1. The molecule has 1 heterocycles. The van der Waals surface area contributed by atoms with Crippen molar-refractivity contribution >= 4 is 17.3 Å². The maximum absolute atomic E-state index is 13.9. The SMILES string of the molecule is CN(C)CCNc1cc(F)cc2c1C(=O)c1cnccc1C2=O. The van der Waals surface area contributed by atoms with E-state index < -0.39 is 5.82 Å². The zero-order chi connectivity index (χ0) is 16.6. The third-order valence-corrected chi connectivity index (χ3v) is 3.76. The molecule has 0 spiro atoms. The van der Waals surface area contributed by atoms with Crippen molar-refractivity contribution in [2.24, 2.45) is 0 Å². The van der Waals surface area contributed by atoms with Gasteiger partial charge in [-0.3, -0.25) is 14.6 Å².